The van der Waals surface area contributed by atoms with E-state index in [0.717, 1.165) is 32.1 Å². The molecule has 2 fully saturated rings. The van der Waals surface area contributed by atoms with Crippen LogP contribution < -0.4 is 0 Å². The molecule has 4 nitrogen and oxygen atoms in total. The Hall–Kier alpha value is -1.26. The van der Waals surface area contributed by atoms with Crippen LogP contribution in [-0.4, -0.2) is 53.5 Å². The summed E-state index contributed by atoms with van der Waals surface area (Å²) in [4.78, 5) is 16.6. The standard InChI is InChI=1S/C15H19ClN2O2/c16-12-3-4-13(14(19)9-12)15(20)18-7-5-17(6-8-18)10-11-1-2-11/h3-4,9,11,19H,1-2,5-8,10H2. The van der Waals surface area contributed by atoms with E-state index in [1.165, 1.54) is 25.5 Å². The van der Waals surface area contributed by atoms with Gasteiger partial charge < -0.3 is 10.0 Å². The number of piperazine rings is 1. The highest BCUT2D eigenvalue weighted by atomic mass is 35.5. The van der Waals surface area contributed by atoms with Gasteiger partial charge in [0.2, 0.25) is 0 Å². The van der Waals surface area contributed by atoms with Gasteiger partial charge in [0.1, 0.15) is 5.75 Å². The summed E-state index contributed by atoms with van der Waals surface area (Å²) in [6, 6.07) is 4.65. The minimum atomic E-state index is -0.106. The lowest BCUT2D eigenvalue weighted by Crippen LogP contribution is -2.49. The Morgan fingerprint density at radius 1 is 1.25 bits per heavy atom. The topological polar surface area (TPSA) is 43.8 Å². The van der Waals surface area contributed by atoms with Crippen molar-refractivity contribution >= 4 is 17.5 Å². The van der Waals surface area contributed by atoms with Crippen LogP contribution in [0, 0.1) is 5.92 Å². The Balaban J connectivity index is 1.60. The van der Waals surface area contributed by atoms with Gasteiger partial charge in [-0.05, 0) is 37.0 Å². The highest BCUT2D eigenvalue weighted by Gasteiger charge is 2.28. The van der Waals surface area contributed by atoms with Crippen LogP contribution in [0.25, 0.3) is 0 Å². The third-order valence-corrected chi connectivity index (χ3v) is 4.30. The molecule has 1 aromatic carbocycles. The van der Waals surface area contributed by atoms with Crippen molar-refractivity contribution in [3.63, 3.8) is 0 Å². The number of nitrogens with zero attached hydrogens (tertiary/aromatic N) is 2. The van der Waals surface area contributed by atoms with E-state index in [-0.39, 0.29) is 11.7 Å². The lowest BCUT2D eigenvalue weighted by molar-refractivity contribution is 0.0629. The predicted molar refractivity (Wildman–Crippen MR) is 78.2 cm³/mol. The molecule has 0 atom stereocenters. The van der Waals surface area contributed by atoms with Crippen molar-refractivity contribution in [3.05, 3.63) is 28.8 Å². The fraction of sp³-hybridized carbons (Fsp3) is 0.533. The highest BCUT2D eigenvalue weighted by Crippen LogP contribution is 2.30. The number of rotatable bonds is 3. The van der Waals surface area contributed by atoms with E-state index < -0.39 is 0 Å². The van der Waals surface area contributed by atoms with Gasteiger partial charge in [0.15, 0.2) is 0 Å². The molecular weight excluding hydrogens is 276 g/mol. The molecule has 0 radical (unpaired) electrons. The number of benzene rings is 1. The van der Waals surface area contributed by atoms with E-state index in [0.29, 0.717) is 10.6 Å². The minimum absolute atomic E-state index is 0.0390. The summed E-state index contributed by atoms with van der Waals surface area (Å²) >= 11 is 5.79. The zero-order valence-electron chi connectivity index (χ0n) is 11.4. The normalized spacial score (nSPS) is 20.1. The van der Waals surface area contributed by atoms with Crippen molar-refractivity contribution in [2.45, 2.75) is 12.8 Å². The van der Waals surface area contributed by atoms with Gasteiger partial charge in [0.05, 0.1) is 5.56 Å². The van der Waals surface area contributed by atoms with Crippen LogP contribution in [0.1, 0.15) is 23.2 Å². The zero-order chi connectivity index (χ0) is 14.1. The molecule has 0 bridgehead atoms. The number of carbonyl (C=O) groups is 1. The number of hydrogen-bond donors (Lipinski definition) is 1. The average Bonchev–Trinajstić information content (AvgIpc) is 3.23. The third-order valence-electron chi connectivity index (χ3n) is 4.06. The maximum atomic E-state index is 12.4. The van der Waals surface area contributed by atoms with Crippen LogP contribution in [0.15, 0.2) is 18.2 Å². The maximum absolute atomic E-state index is 12.4. The number of phenolic OH excluding ortho intramolecular Hbond substituents is 1. The molecule has 0 aromatic heterocycles. The van der Waals surface area contributed by atoms with Crippen LogP contribution in [-0.2, 0) is 0 Å². The lowest BCUT2D eigenvalue weighted by Gasteiger charge is -2.34. The van der Waals surface area contributed by atoms with E-state index >= 15 is 0 Å². The molecule has 20 heavy (non-hydrogen) atoms. The summed E-state index contributed by atoms with van der Waals surface area (Å²) in [6.45, 7) is 4.49. The van der Waals surface area contributed by atoms with Crippen molar-refractivity contribution < 1.29 is 9.90 Å². The molecule has 0 spiro atoms. The molecule has 108 valence electrons. The van der Waals surface area contributed by atoms with E-state index in [1.807, 2.05) is 4.90 Å². The molecule has 1 saturated carbocycles. The first-order chi connectivity index (χ1) is 9.63. The van der Waals surface area contributed by atoms with E-state index in [2.05, 4.69) is 4.90 Å². The van der Waals surface area contributed by atoms with Crippen molar-refractivity contribution in [1.82, 2.24) is 9.80 Å². The molecule has 1 amide bonds. The van der Waals surface area contributed by atoms with E-state index in [4.69, 9.17) is 11.6 Å². The summed E-state index contributed by atoms with van der Waals surface area (Å²) < 4.78 is 0. The van der Waals surface area contributed by atoms with Gasteiger partial charge in [-0.3, -0.25) is 9.69 Å². The monoisotopic (exact) mass is 294 g/mol. The molecule has 1 aliphatic carbocycles. The predicted octanol–water partition coefficient (Wildman–Crippen LogP) is 2.21. The van der Waals surface area contributed by atoms with Crippen LogP contribution in [0.4, 0.5) is 0 Å². The molecule has 2 aliphatic rings. The fourth-order valence-corrected chi connectivity index (χ4v) is 2.82. The summed E-state index contributed by atoms with van der Waals surface area (Å²) in [5.41, 5.74) is 0.338. The Morgan fingerprint density at radius 3 is 2.55 bits per heavy atom. The van der Waals surface area contributed by atoms with Crippen LogP contribution in [0.2, 0.25) is 5.02 Å². The van der Waals surface area contributed by atoms with Gasteiger partial charge in [-0.15, -0.1) is 0 Å². The molecule has 3 rings (SSSR count). The molecule has 1 aromatic rings. The lowest BCUT2D eigenvalue weighted by atomic mass is 10.1. The second kappa shape index (κ2) is 5.62. The minimum Gasteiger partial charge on any atom is -0.507 e. The number of aromatic hydroxyl groups is 1. The van der Waals surface area contributed by atoms with Gasteiger partial charge in [0.25, 0.3) is 5.91 Å². The Morgan fingerprint density at radius 2 is 1.95 bits per heavy atom. The van der Waals surface area contributed by atoms with E-state index in [1.54, 1.807) is 12.1 Å². The molecule has 1 N–H and O–H groups in total. The second-order valence-electron chi connectivity index (χ2n) is 5.70. The van der Waals surface area contributed by atoms with Crippen LogP contribution in [0.3, 0.4) is 0 Å². The largest absolute Gasteiger partial charge is 0.507 e. The highest BCUT2D eigenvalue weighted by molar-refractivity contribution is 6.30. The molecular formula is C15H19ClN2O2. The first kappa shape index (κ1) is 13.7. The van der Waals surface area contributed by atoms with Gasteiger partial charge >= 0.3 is 0 Å². The SMILES string of the molecule is O=C(c1ccc(Cl)cc1O)N1CCN(CC2CC2)CC1. The van der Waals surface area contributed by atoms with Gasteiger partial charge in [-0.25, -0.2) is 0 Å². The second-order valence-corrected chi connectivity index (χ2v) is 6.13. The Labute approximate surface area is 123 Å². The summed E-state index contributed by atoms with van der Waals surface area (Å²) in [6.07, 6.45) is 2.72. The first-order valence-electron chi connectivity index (χ1n) is 7.13. The van der Waals surface area contributed by atoms with Crippen molar-refractivity contribution in [1.29, 1.82) is 0 Å². The number of halogens is 1. The number of hydrogen-bond acceptors (Lipinski definition) is 3. The third kappa shape index (κ3) is 3.07. The molecule has 1 saturated heterocycles. The number of carbonyl (C=O) groups excluding carboxylic acids is 1. The fourth-order valence-electron chi connectivity index (χ4n) is 2.66. The van der Waals surface area contributed by atoms with Gasteiger partial charge in [-0.1, -0.05) is 11.6 Å². The summed E-state index contributed by atoms with van der Waals surface area (Å²) in [5.74, 6) is 0.741. The molecule has 5 heteroatoms. The van der Waals surface area contributed by atoms with Gasteiger partial charge in [-0.2, -0.15) is 0 Å². The quantitative estimate of drug-likeness (QED) is 0.929. The van der Waals surface area contributed by atoms with E-state index in [9.17, 15) is 9.90 Å². The average molecular weight is 295 g/mol. The van der Waals surface area contributed by atoms with Gasteiger partial charge in [0, 0.05) is 37.7 Å². The zero-order valence-corrected chi connectivity index (χ0v) is 12.1. The summed E-state index contributed by atoms with van der Waals surface area (Å²) in [7, 11) is 0. The maximum Gasteiger partial charge on any atom is 0.257 e. The van der Waals surface area contributed by atoms with Crippen LogP contribution >= 0.6 is 11.6 Å². The Bertz CT molecular complexity index is 509. The number of phenols is 1. The van der Waals surface area contributed by atoms with Crippen molar-refractivity contribution in [3.8, 4) is 5.75 Å². The van der Waals surface area contributed by atoms with Crippen molar-refractivity contribution in [2.24, 2.45) is 5.92 Å². The molecule has 1 heterocycles. The summed E-state index contributed by atoms with van der Waals surface area (Å²) in [5, 5.41) is 10.3. The molecule has 0 unspecified atom stereocenters. The smallest absolute Gasteiger partial charge is 0.257 e. The van der Waals surface area contributed by atoms with Crippen LogP contribution in [0.5, 0.6) is 5.75 Å². The number of amides is 1. The first-order valence-corrected chi connectivity index (χ1v) is 7.51. The Kier molecular flexibility index (Phi) is 3.85. The van der Waals surface area contributed by atoms with Crippen molar-refractivity contribution in [2.75, 3.05) is 32.7 Å². The molecule has 1 aliphatic heterocycles.